The summed E-state index contributed by atoms with van der Waals surface area (Å²) in [5.41, 5.74) is -0.0710. The van der Waals surface area contributed by atoms with Crippen LogP contribution >= 0.6 is 0 Å². The molecule has 1 amide bonds. The summed E-state index contributed by atoms with van der Waals surface area (Å²) < 4.78 is 54.5. The molecule has 13 heteroatoms. The van der Waals surface area contributed by atoms with E-state index in [1.807, 2.05) is 0 Å². The molecule has 0 bridgehead atoms. The van der Waals surface area contributed by atoms with Gasteiger partial charge >= 0.3 is 0 Å². The highest BCUT2D eigenvalue weighted by atomic mass is 32.2. The van der Waals surface area contributed by atoms with E-state index >= 15 is 0 Å². The molecule has 1 heterocycles. The van der Waals surface area contributed by atoms with Crippen molar-refractivity contribution in [3.8, 4) is 0 Å². The summed E-state index contributed by atoms with van der Waals surface area (Å²) >= 11 is 0. The molecule has 38 heavy (non-hydrogen) atoms. The van der Waals surface area contributed by atoms with Crippen LogP contribution in [0.3, 0.4) is 0 Å². The number of non-ortho nitro benzene ring substituents is 1. The van der Waals surface area contributed by atoms with Gasteiger partial charge in [0, 0.05) is 50.9 Å². The van der Waals surface area contributed by atoms with E-state index in [0.717, 1.165) is 14.3 Å². The molecule has 3 aromatic carbocycles. The Bertz CT molecular complexity index is 1730. The van der Waals surface area contributed by atoms with E-state index in [4.69, 9.17) is 0 Å². The number of carbonyl (C=O) groups is 1. The van der Waals surface area contributed by atoms with Gasteiger partial charge in [0.05, 0.1) is 25.8 Å². The maximum atomic E-state index is 13.4. The van der Waals surface area contributed by atoms with Crippen molar-refractivity contribution in [2.45, 2.75) is 9.79 Å². The quantitative estimate of drug-likeness (QED) is 0.228. The Hall–Kier alpha value is -4.07. The lowest BCUT2D eigenvalue weighted by Crippen LogP contribution is -2.37. The third kappa shape index (κ3) is 5.03. The largest absolute Gasteiger partial charge is 0.340 e. The zero-order chi connectivity index (χ0) is 27.7. The van der Waals surface area contributed by atoms with Gasteiger partial charge in [0.1, 0.15) is 0 Å². The second-order valence-electron chi connectivity index (χ2n) is 8.48. The number of nitro benzene ring substituents is 1. The predicted molar refractivity (Wildman–Crippen MR) is 141 cm³/mol. The average molecular weight is 557 g/mol. The monoisotopic (exact) mass is 556 g/mol. The third-order valence-corrected chi connectivity index (χ3v) is 9.58. The molecular weight excluding hydrogens is 532 g/mol. The molecule has 1 aromatic heterocycles. The summed E-state index contributed by atoms with van der Waals surface area (Å²) in [6.07, 6.45) is 1.18. The van der Waals surface area contributed by atoms with E-state index in [1.165, 1.54) is 61.6 Å². The third-order valence-electron chi connectivity index (χ3n) is 6.04. The predicted octanol–water partition coefficient (Wildman–Crippen LogP) is 3.18. The minimum atomic E-state index is -4.28. The van der Waals surface area contributed by atoms with Crippen LogP contribution in [0.4, 0.5) is 5.69 Å². The summed E-state index contributed by atoms with van der Waals surface area (Å²) in [7, 11) is -5.13. The average Bonchev–Trinajstić information content (AvgIpc) is 3.32. The number of amides is 1. The standard InChI is InChI=1S/C25H24N4O7S2/c1-26(15-16-27(2)37(33,34)20-10-4-3-5-11-20)25(30)23-18-28(24-14-7-6-13-22(23)24)38(35,36)21-12-8-9-19(17-21)29(31)32/h3-14,17-18H,15-16H2,1-2H3. The Kier molecular flexibility index (Phi) is 7.35. The molecule has 0 aliphatic rings. The Labute approximate surface area is 219 Å². The Morgan fingerprint density at radius 1 is 0.868 bits per heavy atom. The second kappa shape index (κ2) is 10.4. The van der Waals surface area contributed by atoms with Crippen LogP contribution in [0.5, 0.6) is 0 Å². The van der Waals surface area contributed by atoms with Crippen LogP contribution < -0.4 is 0 Å². The summed E-state index contributed by atoms with van der Waals surface area (Å²) in [5, 5.41) is 11.5. The number of carbonyl (C=O) groups excluding carboxylic acids is 1. The number of aromatic nitrogens is 1. The summed E-state index contributed by atoms with van der Waals surface area (Å²) in [5.74, 6) is -0.514. The molecule has 0 aliphatic carbocycles. The van der Waals surface area contributed by atoms with Crippen LogP contribution in [-0.4, -0.2) is 68.0 Å². The molecule has 0 aliphatic heterocycles. The number of nitrogens with zero attached hydrogens (tertiary/aromatic N) is 4. The topological polar surface area (TPSA) is 140 Å². The molecule has 0 spiro atoms. The zero-order valence-corrected chi connectivity index (χ0v) is 22.1. The zero-order valence-electron chi connectivity index (χ0n) is 20.5. The molecular formula is C25H24N4O7S2. The second-order valence-corrected chi connectivity index (χ2v) is 12.3. The fraction of sp³-hybridized carbons (Fsp3) is 0.160. The number of benzene rings is 3. The van der Waals surface area contributed by atoms with E-state index in [-0.39, 0.29) is 39.6 Å². The first-order chi connectivity index (χ1) is 17.9. The molecule has 0 saturated heterocycles. The number of fused-ring (bicyclic) bond motifs is 1. The summed E-state index contributed by atoms with van der Waals surface area (Å²) in [4.78, 5) is 25.0. The number of rotatable bonds is 9. The van der Waals surface area contributed by atoms with Crippen LogP contribution in [0, 0.1) is 10.1 Å². The van der Waals surface area contributed by atoms with Gasteiger partial charge in [-0.05, 0) is 24.3 Å². The smallest absolute Gasteiger partial charge is 0.270 e. The normalized spacial score (nSPS) is 12.1. The lowest BCUT2D eigenvalue weighted by atomic mass is 10.1. The molecule has 4 rings (SSSR count). The van der Waals surface area contributed by atoms with Crippen molar-refractivity contribution < 1.29 is 26.6 Å². The first-order valence-electron chi connectivity index (χ1n) is 11.3. The molecule has 0 radical (unpaired) electrons. The molecule has 0 saturated carbocycles. The van der Waals surface area contributed by atoms with Gasteiger partial charge in [-0.1, -0.05) is 42.5 Å². The molecule has 198 valence electrons. The molecule has 0 atom stereocenters. The van der Waals surface area contributed by atoms with Gasteiger partial charge in [-0.2, -0.15) is 4.31 Å². The van der Waals surface area contributed by atoms with E-state index < -0.39 is 30.9 Å². The van der Waals surface area contributed by atoms with Crippen molar-refractivity contribution in [2.24, 2.45) is 0 Å². The van der Waals surface area contributed by atoms with Crippen LogP contribution in [0.25, 0.3) is 10.9 Å². The van der Waals surface area contributed by atoms with Crippen molar-refractivity contribution in [1.29, 1.82) is 0 Å². The number of hydrogen-bond donors (Lipinski definition) is 0. The van der Waals surface area contributed by atoms with Crippen LogP contribution in [0.15, 0.2) is 94.9 Å². The van der Waals surface area contributed by atoms with Crippen molar-refractivity contribution in [1.82, 2.24) is 13.2 Å². The van der Waals surface area contributed by atoms with Gasteiger partial charge in [0.25, 0.3) is 21.6 Å². The maximum Gasteiger partial charge on any atom is 0.270 e. The van der Waals surface area contributed by atoms with Crippen LogP contribution in [0.1, 0.15) is 10.4 Å². The molecule has 4 aromatic rings. The van der Waals surface area contributed by atoms with Crippen LogP contribution in [-0.2, 0) is 20.0 Å². The Morgan fingerprint density at radius 3 is 2.18 bits per heavy atom. The number of nitro groups is 1. The number of hydrogen-bond acceptors (Lipinski definition) is 7. The fourth-order valence-electron chi connectivity index (χ4n) is 3.88. The van der Waals surface area contributed by atoms with Crippen molar-refractivity contribution >= 4 is 42.5 Å². The van der Waals surface area contributed by atoms with Gasteiger partial charge < -0.3 is 4.90 Å². The van der Waals surface area contributed by atoms with Gasteiger partial charge in [-0.25, -0.2) is 20.8 Å². The van der Waals surface area contributed by atoms with Gasteiger partial charge in [0.2, 0.25) is 10.0 Å². The Balaban J connectivity index is 1.63. The summed E-state index contributed by atoms with van der Waals surface area (Å²) in [6.45, 7) is 0.0443. The van der Waals surface area contributed by atoms with E-state index in [1.54, 1.807) is 36.4 Å². The van der Waals surface area contributed by atoms with E-state index in [0.29, 0.717) is 5.39 Å². The Morgan fingerprint density at radius 2 is 1.50 bits per heavy atom. The van der Waals surface area contributed by atoms with E-state index in [9.17, 15) is 31.7 Å². The first kappa shape index (κ1) is 27.0. The fourth-order valence-corrected chi connectivity index (χ4v) is 6.47. The minimum Gasteiger partial charge on any atom is -0.340 e. The maximum absolute atomic E-state index is 13.4. The minimum absolute atomic E-state index is 0.00406. The van der Waals surface area contributed by atoms with Gasteiger partial charge in [-0.15, -0.1) is 0 Å². The highest BCUT2D eigenvalue weighted by Gasteiger charge is 2.27. The van der Waals surface area contributed by atoms with Gasteiger partial charge in [0.15, 0.2) is 0 Å². The number of likely N-dealkylation sites (N-methyl/N-ethyl adjacent to an activating group) is 2. The van der Waals surface area contributed by atoms with Crippen LogP contribution in [0.2, 0.25) is 0 Å². The van der Waals surface area contributed by atoms with Crippen molar-refractivity contribution in [2.75, 3.05) is 27.2 Å². The highest BCUT2D eigenvalue weighted by molar-refractivity contribution is 7.90. The molecule has 0 unspecified atom stereocenters. The van der Waals surface area contributed by atoms with Gasteiger partial charge in [-0.3, -0.25) is 14.9 Å². The van der Waals surface area contributed by atoms with Crippen molar-refractivity contribution in [3.05, 3.63) is 101 Å². The first-order valence-corrected chi connectivity index (χ1v) is 14.2. The SMILES string of the molecule is CN(CCN(C)S(=O)(=O)c1ccccc1)C(=O)c1cn(S(=O)(=O)c2cccc([N+](=O)[O-])c2)c2ccccc12. The lowest BCUT2D eigenvalue weighted by molar-refractivity contribution is -0.385. The number of para-hydroxylation sites is 1. The summed E-state index contributed by atoms with van der Waals surface area (Å²) in [6, 6.07) is 19.0. The molecule has 0 fully saturated rings. The highest BCUT2D eigenvalue weighted by Crippen LogP contribution is 2.28. The lowest BCUT2D eigenvalue weighted by Gasteiger charge is -2.22. The van der Waals surface area contributed by atoms with E-state index in [2.05, 4.69) is 0 Å². The molecule has 0 N–H and O–H groups in total. The molecule has 11 nitrogen and oxygen atoms in total. The van der Waals surface area contributed by atoms with Crippen molar-refractivity contribution in [3.63, 3.8) is 0 Å². The number of sulfonamides is 1.